The van der Waals surface area contributed by atoms with E-state index in [0.29, 0.717) is 5.69 Å². The summed E-state index contributed by atoms with van der Waals surface area (Å²) in [4.78, 5) is 22.9. The van der Waals surface area contributed by atoms with Crippen molar-refractivity contribution in [1.82, 2.24) is 19.9 Å². The lowest BCUT2D eigenvalue weighted by Gasteiger charge is -2.19. The van der Waals surface area contributed by atoms with Gasteiger partial charge in [0.2, 0.25) is 0 Å². The summed E-state index contributed by atoms with van der Waals surface area (Å²) < 4.78 is 7.26. The molecule has 0 spiro atoms. The van der Waals surface area contributed by atoms with Crippen molar-refractivity contribution in [3.05, 3.63) is 78.0 Å². The van der Waals surface area contributed by atoms with Gasteiger partial charge in [0.15, 0.2) is 0 Å². The van der Waals surface area contributed by atoms with Crippen LogP contribution >= 0.6 is 0 Å². The number of methoxy groups -OCH3 is 1. The zero-order valence-corrected chi connectivity index (χ0v) is 17.5. The Morgan fingerprint density at radius 1 is 1.20 bits per heavy atom. The van der Waals surface area contributed by atoms with Gasteiger partial charge in [-0.15, -0.1) is 0 Å². The average molecular weight is 403 g/mol. The molecule has 0 bridgehead atoms. The van der Waals surface area contributed by atoms with Gasteiger partial charge in [-0.25, -0.2) is 4.98 Å². The Balaban J connectivity index is 1.68. The number of carbonyl (C=O) groups excluding carboxylic acids is 1. The Morgan fingerprint density at radius 2 is 2.03 bits per heavy atom. The third-order valence-corrected chi connectivity index (χ3v) is 5.19. The summed E-state index contributed by atoms with van der Waals surface area (Å²) in [7, 11) is 7.51. The lowest BCUT2D eigenvalue weighted by Crippen LogP contribution is -2.31. The van der Waals surface area contributed by atoms with Crippen molar-refractivity contribution >= 4 is 22.5 Å². The van der Waals surface area contributed by atoms with Gasteiger partial charge in [0.05, 0.1) is 7.11 Å². The van der Waals surface area contributed by atoms with Gasteiger partial charge >= 0.3 is 0 Å². The number of rotatable bonds is 6. The van der Waals surface area contributed by atoms with E-state index in [9.17, 15) is 4.79 Å². The number of aromatic nitrogens is 3. The summed E-state index contributed by atoms with van der Waals surface area (Å²) in [6.45, 7) is 0. The largest absolute Gasteiger partial charge is 0.497 e. The number of fused-ring (bicyclic) bond motifs is 1. The highest BCUT2D eigenvalue weighted by molar-refractivity contribution is 5.99. The molecule has 4 rings (SSSR count). The highest BCUT2D eigenvalue weighted by Crippen LogP contribution is 2.26. The fraction of sp³-hybridized carbons (Fsp3) is 0.217. The second-order valence-corrected chi connectivity index (χ2v) is 7.43. The number of imidazole rings is 1. The third-order valence-electron chi connectivity index (χ3n) is 5.19. The number of anilines is 1. The van der Waals surface area contributed by atoms with Gasteiger partial charge in [-0.05, 0) is 35.9 Å². The van der Waals surface area contributed by atoms with Crippen molar-refractivity contribution in [2.24, 2.45) is 7.05 Å². The molecule has 0 saturated heterocycles. The SMILES string of the molecule is COc1cccc([C@H](NC(=O)c2cc3ccc(N(C)C)cc3[nH]2)c2nccn2C)c1. The van der Waals surface area contributed by atoms with Crippen molar-refractivity contribution in [1.29, 1.82) is 0 Å². The van der Waals surface area contributed by atoms with Crippen LogP contribution in [0, 0.1) is 0 Å². The minimum atomic E-state index is -0.420. The highest BCUT2D eigenvalue weighted by atomic mass is 16.5. The first kappa shape index (κ1) is 19.6. The molecule has 2 aromatic heterocycles. The first-order chi connectivity index (χ1) is 14.5. The molecule has 2 aromatic carbocycles. The van der Waals surface area contributed by atoms with E-state index < -0.39 is 6.04 Å². The van der Waals surface area contributed by atoms with Crippen LogP contribution in [0.3, 0.4) is 0 Å². The van der Waals surface area contributed by atoms with E-state index in [4.69, 9.17) is 4.74 Å². The number of amides is 1. The Bertz CT molecular complexity index is 1190. The number of nitrogens with zero attached hydrogens (tertiary/aromatic N) is 3. The quantitative estimate of drug-likeness (QED) is 0.517. The van der Waals surface area contributed by atoms with Crippen LogP contribution in [0.15, 0.2) is 60.9 Å². The molecule has 0 aliphatic heterocycles. The van der Waals surface area contributed by atoms with Gasteiger partial charge in [0, 0.05) is 50.1 Å². The van der Waals surface area contributed by atoms with E-state index in [1.54, 1.807) is 13.3 Å². The van der Waals surface area contributed by atoms with Gasteiger partial charge in [-0.2, -0.15) is 0 Å². The molecular formula is C23H25N5O2. The Labute approximate surface area is 175 Å². The van der Waals surface area contributed by atoms with Crippen LogP contribution in [0.1, 0.15) is 27.9 Å². The maximum atomic E-state index is 13.2. The number of aryl methyl sites for hydroxylation is 1. The van der Waals surface area contributed by atoms with Crippen LogP contribution in [0.25, 0.3) is 10.9 Å². The fourth-order valence-corrected chi connectivity index (χ4v) is 3.50. The first-order valence-corrected chi connectivity index (χ1v) is 9.68. The van der Waals surface area contributed by atoms with Crippen molar-refractivity contribution in [2.75, 3.05) is 26.1 Å². The summed E-state index contributed by atoms with van der Waals surface area (Å²) in [5, 5.41) is 4.11. The molecule has 7 nitrogen and oxygen atoms in total. The second-order valence-electron chi connectivity index (χ2n) is 7.43. The molecule has 1 atom stereocenters. The third kappa shape index (κ3) is 3.74. The van der Waals surface area contributed by atoms with E-state index in [1.807, 2.05) is 85.3 Å². The summed E-state index contributed by atoms with van der Waals surface area (Å²) in [6, 6.07) is 15.2. The van der Waals surface area contributed by atoms with Crippen LogP contribution in [-0.2, 0) is 7.05 Å². The molecule has 2 heterocycles. The van der Waals surface area contributed by atoms with Crippen LogP contribution in [0.4, 0.5) is 5.69 Å². The minimum Gasteiger partial charge on any atom is -0.497 e. The van der Waals surface area contributed by atoms with E-state index in [-0.39, 0.29) is 5.91 Å². The molecule has 0 radical (unpaired) electrons. The van der Waals surface area contributed by atoms with E-state index in [2.05, 4.69) is 15.3 Å². The normalized spacial score (nSPS) is 12.0. The summed E-state index contributed by atoms with van der Waals surface area (Å²) in [5.74, 6) is 1.26. The number of hydrogen-bond donors (Lipinski definition) is 2. The topological polar surface area (TPSA) is 75.2 Å². The Hall–Kier alpha value is -3.74. The molecule has 0 saturated carbocycles. The van der Waals surface area contributed by atoms with E-state index >= 15 is 0 Å². The molecule has 0 fully saturated rings. The molecular weight excluding hydrogens is 378 g/mol. The highest BCUT2D eigenvalue weighted by Gasteiger charge is 2.23. The van der Waals surface area contributed by atoms with Gasteiger partial charge in [0.25, 0.3) is 5.91 Å². The minimum absolute atomic E-state index is 0.201. The maximum absolute atomic E-state index is 13.2. The number of carbonyl (C=O) groups is 1. The molecule has 0 unspecified atom stereocenters. The fourth-order valence-electron chi connectivity index (χ4n) is 3.50. The molecule has 154 valence electrons. The van der Waals surface area contributed by atoms with Crippen molar-refractivity contribution < 1.29 is 9.53 Å². The Morgan fingerprint density at radius 3 is 2.73 bits per heavy atom. The summed E-state index contributed by atoms with van der Waals surface area (Å²) >= 11 is 0. The Kier molecular flexibility index (Phi) is 5.18. The van der Waals surface area contributed by atoms with E-state index in [1.165, 1.54) is 0 Å². The second kappa shape index (κ2) is 7.94. The molecule has 4 aromatic rings. The van der Waals surface area contributed by atoms with Crippen molar-refractivity contribution in [3.63, 3.8) is 0 Å². The molecule has 0 aliphatic rings. The van der Waals surface area contributed by atoms with Crippen molar-refractivity contribution in [2.45, 2.75) is 6.04 Å². The molecule has 30 heavy (non-hydrogen) atoms. The predicted molar refractivity (Wildman–Crippen MR) is 118 cm³/mol. The molecule has 2 N–H and O–H groups in total. The molecule has 1 amide bonds. The van der Waals surface area contributed by atoms with Crippen LogP contribution in [-0.4, -0.2) is 41.6 Å². The lowest BCUT2D eigenvalue weighted by molar-refractivity contribution is 0.0937. The van der Waals surface area contributed by atoms with E-state index in [0.717, 1.165) is 33.7 Å². The van der Waals surface area contributed by atoms with Crippen LogP contribution in [0.2, 0.25) is 0 Å². The number of ether oxygens (including phenoxy) is 1. The van der Waals surface area contributed by atoms with Crippen molar-refractivity contribution in [3.8, 4) is 5.75 Å². The summed E-state index contributed by atoms with van der Waals surface area (Å²) in [5.41, 5.74) is 3.38. The summed E-state index contributed by atoms with van der Waals surface area (Å²) in [6.07, 6.45) is 3.58. The number of hydrogen-bond acceptors (Lipinski definition) is 4. The standard InChI is InChI=1S/C23H25N5O2/c1-27(2)17-9-8-15-13-20(25-19(15)14-17)23(29)26-21(22-24-10-11-28(22)3)16-6-5-7-18(12-16)30-4/h5-14,21,25H,1-4H3,(H,26,29)/t21-/m0/s1. The monoisotopic (exact) mass is 403 g/mol. The van der Waals surface area contributed by atoms with Crippen LogP contribution in [0.5, 0.6) is 5.75 Å². The first-order valence-electron chi connectivity index (χ1n) is 9.68. The van der Waals surface area contributed by atoms with Gasteiger partial charge < -0.3 is 24.5 Å². The maximum Gasteiger partial charge on any atom is 0.268 e. The van der Waals surface area contributed by atoms with Crippen LogP contribution < -0.4 is 15.0 Å². The van der Waals surface area contributed by atoms with Gasteiger partial charge in [-0.1, -0.05) is 18.2 Å². The lowest BCUT2D eigenvalue weighted by atomic mass is 10.1. The predicted octanol–water partition coefficient (Wildman–Crippen LogP) is 3.50. The number of aromatic amines is 1. The smallest absolute Gasteiger partial charge is 0.268 e. The number of benzene rings is 2. The van der Waals surface area contributed by atoms with Gasteiger partial charge in [0.1, 0.15) is 23.3 Å². The average Bonchev–Trinajstić information content (AvgIpc) is 3.37. The molecule has 7 heteroatoms. The number of H-pyrrole nitrogens is 1. The number of nitrogens with one attached hydrogen (secondary N) is 2. The van der Waals surface area contributed by atoms with Gasteiger partial charge in [-0.3, -0.25) is 4.79 Å². The zero-order chi connectivity index (χ0) is 21.3. The zero-order valence-electron chi connectivity index (χ0n) is 17.5. The molecule has 0 aliphatic carbocycles.